The first-order valence-corrected chi connectivity index (χ1v) is 9.79. The molecule has 2 aliphatic rings. The molecule has 0 spiro atoms. The lowest BCUT2D eigenvalue weighted by atomic mass is 10.2. The van der Waals surface area contributed by atoms with Crippen molar-refractivity contribution in [1.29, 1.82) is 0 Å². The zero-order chi connectivity index (χ0) is 18.0. The molecular weight excluding hydrogens is 460 g/mol. The van der Waals surface area contributed by atoms with Crippen LogP contribution in [-0.4, -0.2) is 43.6 Å². The number of rotatable bonds is 5. The number of nitrogens with zero attached hydrogens (tertiary/aromatic N) is 2. The Morgan fingerprint density at radius 1 is 1.52 bits per heavy atom. The first-order chi connectivity index (χ1) is 11.9. The number of hydrogen-bond donors (Lipinski definition) is 2. The van der Waals surface area contributed by atoms with E-state index in [2.05, 4.69) is 37.8 Å². The van der Waals surface area contributed by atoms with Crippen molar-refractivity contribution in [3.63, 3.8) is 0 Å². The summed E-state index contributed by atoms with van der Waals surface area (Å²) in [5, 5.41) is 12.3. The third-order valence-corrected chi connectivity index (χ3v) is 6.87. The lowest BCUT2D eigenvalue weighted by Crippen LogP contribution is -2.41. The molecule has 0 amide bonds. The molecule has 5 nitrogen and oxygen atoms in total. The number of pyridine rings is 1. The first kappa shape index (κ1) is 18.8. The highest BCUT2D eigenvalue weighted by molar-refractivity contribution is 14.1. The van der Waals surface area contributed by atoms with Crippen LogP contribution in [0, 0.1) is 0 Å². The molecule has 3 rings (SSSR count). The average Bonchev–Trinajstić information content (AvgIpc) is 3.20. The quantitative estimate of drug-likeness (QED) is 0.285. The topological polar surface area (TPSA) is 65.5 Å². The molecule has 1 atom stereocenters. The molecule has 1 aliphatic heterocycles. The Bertz CT molecular complexity index is 694. The fourth-order valence-electron chi connectivity index (χ4n) is 3.51. The van der Waals surface area contributed by atoms with Gasteiger partial charge < -0.3 is 10.4 Å². The van der Waals surface area contributed by atoms with Gasteiger partial charge in [0.1, 0.15) is 5.82 Å². The summed E-state index contributed by atoms with van der Waals surface area (Å²) in [6.07, 6.45) is 8.44. The van der Waals surface area contributed by atoms with E-state index in [1.165, 1.54) is 37.9 Å². The molecule has 0 radical (unpaired) electrons. The number of carboxylic acids is 1. The maximum atomic E-state index is 13.2. The van der Waals surface area contributed by atoms with Crippen molar-refractivity contribution in [3.8, 4) is 0 Å². The van der Waals surface area contributed by atoms with Crippen molar-refractivity contribution in [2.24, 2.45) is 0 Å². The van der Waals surface area contributed by atoms with Crippen molar-refractivity contribution in [2.75, 3.05) is 18.4 Å². The number of aromatic nitrogens is 1. The van der Waals surface area contributed by atoms with E-state index in [-0.39, 0.29) is 9.59 Å². The van der Waals surface area contributed by atoms with Gasteiger partial charge in [-0.05, 0) is 37.0 Å². The Hall–Kier alpha value is -0.930. The second kappa shape index (κ2) is 7.75. The van der Waals surface area contributed by atoms with Gasteiger partial charge in [-0.1, -0.05) is 47.0 Å². The molecule has 0 unspecified atom stereocenters. The molecule has 1 saturated carbocycles. The van der Waals surface area contributed by atoms with Crippen LogP contribution in [0.2, 0.25) is 5.02 Å². The predicted molar refractivity (Wildman–Crippen MR) is 105 cm³/mol. The number of halogens is 3. The van der Waals surface area contributed by atoms with Gasteiger partial charge in [0.25, 0.3) is 0 Å². The second-order valence-corrected chi connectivity index (χ2v) is 9.01. The third kappa shape index (κ3) is 4.43. The van der Waals surface area contributed by atoms with Gasteiger partial charge in [-0.25, -0.2) is 9.78 Å². The van der Waals surface area contributed by atoms with Crippen LogP contribution in [0.5, 0.6) is 0 Å². The minimum atomic E-state index is -1.61. The summed E-state index contributed by atoms with van der Waals surface area (Å²) in [6.45, 7) is 2.01. The Morgan fingerprint density at radius 3 is 2.88 bits per heavy atom. The fraction of sp³-hybridized carbons (Fsp3) is 0.529. The van der Waals surface area contributed by atoms with Crippen molar-refractivity contribution in [2.45, 2.75) is 41.7 Å². The average molecular weight is 480 g/mol. The number of aliphatic carboxylic acids is 1. The summed E-state index contributed by atoms with van der Waals surface area (Å²) in [4.78, 5) is 17.3. The van der Waals surface area contributed by atoms with Crippen molar-refractivity contribution >= 4 is 52.1 Å². The van der Waals surface area contributed by atoms with Crippen LogP contribution in [-0.2, 0) is 4.79 Å². The molecule has 2 fully saturated rings. The van der Waals surface area contributed by atoms with E-state index < -0.39 is 11.8 Å². The van der Waals surface area contributed by atoms with Gasteiger partial charge in [0.15, 0.2) is 0 Å². The highest BCUT2D eigenvalue weighted by atomic mass is 127. The molecule has 0 bridgehead atoms. The van der Waals surface area contributed by atoms with Gasteiger partial charge in [-0.2, -0.15) is 4.39 Å². The number of alkyl halides is 1. The molecule has 2 N–H and O–H groups in total. The lowest BCUT2D eigenvalue weighted by molar-refractivity contribution is -0.134. The van der Waals surface area contributed by atoms with E-state index >= 15 is 0 Å². The summed E-state index contributed by atoms with van der Waals surface area (Å²) in [5.74, 6) is -2.30. The van der Waals surface area contributed by atoms with Crippen molar-refractivity contribution in [3.05, 3.63) is 28.7 Å². The second-order valence-electron chi connectivity index (χ2n) is 6.60. The van der Waals surface area contributed by atoms with Crippen LogP contribution in [0.15, 0.2) is 18.1 Å². The van der Waals surface area contributed by atoms with E-state index in [1.54, 1.807) is 0 Å². The molecule has 1 aliphatic carbocycles. The highest BCUT2D eigenvalue weighted by Gasteiger charge is 2.40. The molecular formula is C17H20ClFIN3O2. The number of anilines is 1. The lowest BCUT2D eigenvalue weighted by Gasteiger charge is -2.33. The number of likely N-dealkylation sites (tertiary alicyclic amines) is 1. The molecule has 136 valence electrons. The summed E-state index contributed by atoms with van der Waals surface area (Å²) >= 11 is 8.82. The van der Waals surface area contributed by atoms with Gasteiger partial charge in [0, 0.05) is 25.3 Å². The third-order valence-electron chi connectivity index (χ3n) is 4.83. The molecule has 1 saturated heterocycles. The van der Waals surface area contributed by atoms with Crippen LogP contribution in [0.25, 0.3) is 6.08 Å². The van der Waals surface area contributed by atoms with E-state index in [4.69, 9.17) is 16.7 Å². The van der Waals surface area contributed by atoms with Crippen LogP contribution in [0.4, 0.5) is 10.2 Å². The van der Waals surface area contributed by atoms with E-state index in [9.17, 15) is 9.18 Å². The minimum Gasteiger partial charge on any atom is -0.476 e. The normalized spacial score (nSPS) is 23.8. The highest BCUT2D eigenvalue weighted by Crippen LogP contribution is 2.42. The summed E-state index contributed by atoms with van der Waals surface area (Å²) in [5.41, 5.74) is 0.320. The molecule has 8 heteroatoms. The Balaban J connectivity index is 1.64. The Morgan fingerprint density at radius 2 is 2.24 bits per heavy atom. The minimum absolute atomic E-state index is 0.273. The molecule has 1 aromatic rings. The van der Waals surface area contributed by atoms with Crippen LogP contribution in [0.3, 0.4) is 0 Å². The number of hydrogen-bond acceptors (Lipinski definition) is 4. The fourth-order valence-corrected chi connectivity index (χ4v) is 4.94. The van der Waals surface area contributed by atoms with Crippen molar-refractivity contribution in [1.82, 2.24) is 9.88 Å². The maximum Gasteiger partial charge on any atom is 0.364 e. The Labute approximate surface area is 164 Å². The van der Waals surface area contributed by atoms with E-state index in [0.29, 0.717) is 16.4 Å². The Kier molecular flexibility index (Phi) is 5.85. The van der Waals surface area contributed by atoms with Gasteiger partial charge in [0.2, 0.25) is 5.83 Å². The smallest absolute Gasteiger partial charge is 0.364 e. The summed E-state index contributed by atoms with van der Waals surface area (Å²) < 4.78 is 13.5. The molecule has 2 heterocycles. The van der Waals surface area contributed by atoms with Gasteiger partial charge in [-0.3, -0.25) is 4.90 Å². The van der Waals surface area contributed by atoms with Crippen LogP contribution >= 0.6 is 34.2 Å². The first-order valence-electron chi connectivity index (χ1n) is 8.34. The summed E-state index contributed by atoms with van der Waals surface area (Å²) in [7, 11) is 0. The SMILES string of the molecule is O=C(O)C(F)=Cc1cnc(N[C@@H]2CCN(C3(I)CCCC3)C2)c(Cl)c1. The van der Waals surface area contributed by atoms with Gasteiger partial charge in [0.05, 0.1) is 8.57 Å². The number of nitrogens with one attached hydrogen (secondary N) is 1. The molecule has 0 aromatic carbocycles. The maximum absolute atomic E-state index is 13.2. The molecule has 25 heavy (non-hydrogen) atoms. The molecule has 1 aromatic heterocycles. The largest absolute Gasteiger partial charge is 0.476 e. The zero-order valence-corrected chi connectivity index (χ0v) is 16.6. The van der Waals surface area contributed by atoms with E-state index in [1.807, 2.05) is 0 Å². The number of carboxylic acid groups (broad SMARTS) is 1. The predicted octanol–water partition coefficient (Wildman–Crippen LogP) is 4.32. The van der Waals surface area contributed by atoms with E-state index in [0.717, 1.165) is 25.6 Å². The monoisotopic (exact) mass is 479 g/mol. The van der Waals surface area contributed by atoms with Gasteiger partial charge >= 0.3 is 5.97 Å². The zero-order valence-electron chi connectivity index (χ0n) is 13.6. The summed E-state index contributed by atoms with van der Waals surface area (Å²) in [6, 6.07) is 1.79. The van der Waals surface area contributed by atoms with Crippen LogP contribution < -0.4 is 5.32 Å². The van der Waals surface area contributed by atoms with Crippen molar-refractivity contribution < 1.29 is 14.3 Å². The van der Waals surface area contributed by atoms with Crippen LogP contribution in [0.1, 0.15) is 37.7 Å². The number of carbonyl (C=O) groups is 1. The van der Waals surface area contributed by atoms with Gasteiger partial charge in [-0.15, -0.1) is 0 Å². The standard InChI is InChI=1S/C17H20ClFIN3O2/c18-13-7-11(8-14(19)16(24)25)9-21-15(13)22-12-3-6-23(10-12)17(20)4-1-2-5-17/h7-9,12H,1-6,10H2,(H,21,22)(H,24,25)/t12-/m1/s1.